The number of hydrogen-bond acceptors (Lipinski definition) is 4. The molecule has 0 aliphatic carbocycles. The highest BCUT2D eigenvalue weighted by molar-refractivity contribution is 6.02. The maximum absolute atomic E-state index is 12.3. The summed E-state index contributed by atoms with van der Waals surface area (Å²) in [5, 5.41) is 22.1. The zero-order valence-corrected chi connectivity index (χ0v) is 13.5. The van der Waals surface area contributed by atoms with Gasteiger partial charge in [-0.05, 0) is 24.6 Å². The Labute approximate surface area is 140 Å². The second kappa shape index (κ2) is 7.84. The van der Waals surface area contributed by atoms with Gasteiger partial charge in [0.2, 0.25) is 0 Å². The van der Waals surface area contributed by atoms with Gasteiger partial charge in [-0.1, -0.05) is 42.5 Å². The third-order valence-corrected chi connectivity index (χ3v) is 3.56. The molecule has 0 aliphatic rings. The van der Waals surface area contributed by atoms with Gasteiger partial charge < -0.3 is 15.2 Å². The van der Waals surface area contributed by atoms with Crippen molar-refractivity contribution in [3.05, 3.63) is 65.2 Å². The van der Waals surface area contributed by atoms with Crippen molar-refractivity contribution in [3.63, 3.8) is 0 Å². The number of amides is 1. The number of benzene rings is 2. The molecule has 0 spiro atoms. The Balaban J connectivity index is 2.22. The number of aromatic hydroxyl groups is 1. The minimum Gasteiger partial charge on any atom is -0.504 e. The molecular weight excluding hydrogens is 304 g/mol. The maximum Gasteiger partial charge on any atom is 0.262 e. The second-order valence-electron chi connectivity index (χ2n) is 5.17. The molecule has 2 rings (SSSR count). The lowest BCUT2D eigenvalue weighted by molar-refractivity contribution is -0.117. The topological polar surface area (TPSA) is 82.3 Å². The highest BCUT2D eigenvalue weighted by atomic mass is 16.5. The minimum atomic E-state index is -0.504. The van der Waals surface area contributed by atoms with Gasteiger partial charge in [-0.3, -0.25) is 4.79 Å². The van der Waals surface area contributed by atoms with E-state index in [9.17, 15) is 15.2 Å². The number of ether oxygens (including phenoxy) is 1. The molecule has 24 heavy (non-hydrogen) atoms. The van der Waals surface area contributed by atoms with Crippen LogP contribution in [0, 0.1) is 11.3 Å². The van der Waals surface area contributed by atoms with E-state index < -0.39 is 5.91 Å². The first-order chi connectivity index (χ1) is 11.6. The lowest BCUT2D eigenvalue weighted by atomic mass is 10.1. The van der Waals surface area contributed by atoms with Crippen molar-refractivity contribution < 1.29 is 14.6 Å². The lowest BCUT2D eigenvalue weighted by Crippen LogP contribution is -2.27. The summed E-state index contributed by atoms with van der Waals surface area (Å²) in [4.78, 5) is 12.3. The SMILES string of the molecule is COc1cccc(/C=C(\C#N)C(=O)N[C@H](C)c2ccccc2)c1O. The molecule has 122 valence electrons. The summed E-state index contributed by atoms with van der Waals surface area (Å²) in [6.45, 7) is 1.84. The number of nitrogens with one attached hydrogen (secondary N) is 1. The number of carbonyl (C=O) groups is 1. The van der Waals surface area contributed by atoms with Crippen LogP contribution in [0.1, 0.15) is 24.1 Å². The van der Waals surface area contributed by atoms with E-state index in [2.05, 4.69) is 5.32 Å². The van der Waals surface area contributed by atoms with E-state index in [1.165, 1.54) is 13.2 Å². The van der Waals surface area contributed by atoms with E-state index in [4.69, 9.17) is 4.74 Å². The quantitative estimate of drug-likeness (QED) is 0.654. The molecule has 1 atom stereocenters. The average molecular weight is 322 g/mol. The summed E-state index contributed by atoms with van der Waals surface area (Å²) in [5.74, 6) is -0.341. The van der Waals surface area contributed by atoms with Gasteiger partial charge in [-0.25, -0.2) is 0 Å². The van der Waals surface area contributed by atoms with E-state index >= 15 is 0 Å². The van der Waals surface area contributed by atoms with Crippen molar-refractivity contribution in [1.82, 2.24) is 5.32 Å². The fraction of sp³-hybridized carbons (Fsp3) is 0.158. The monoisotopic (exact) mass is 322 g/mol. The van der Waals surface area contributed by atoms with E-state index in [1.54, 1.807) is 18.2 Å². The van der Waals surface area contributed by atoms with Crippen molar-refractivity contribution >= 4 is 12.0 Å². The number of nitriles is 1. The van der Waals surface area contributed by atoms with Crippen LogP contribution in [0.5, 0.6) is 11.5 Å². The van der Waals surface area contributed by atoms with Gasteiger partial charge in [0.1, 0.15) is 11.6 Å². The van der Waals surface area contributed by atoms with E-state index in [-0.39, 0.29) is 23.1 Å². The molecule has 0 heterocycles. The number of nitrogens with zero attached hydrogens (tertiary/aromatic N) is 1. The third-order valence-electron chi connectivity index (χ3n) is 3.56. The smallest absolute Gasteiger partial charge is 0.262 e. The normalized spacial score (nSPS) is 12.1. The van der Waals surface area contributed by atoms with E-state index in [1.807, 2.05) is 43.3 Å². The highest BCUT2D eigenvalue weighted by Crippen LogP contribution is 2.30. The first-order valence-corrected chi connectivity index (χ1v) is 7.40. The van der Waals surface area contributed by atoms with Crippen molar-refractivity contribution in [1.29, 1.82) is 5.26 Å². The predicted molar refractivity (Wildman–Crippen MR) is 91.2 cm³/mol. The zero-order valence-electron chi connectivity index (χ0n) is 13.5. The van der Waals surface area contributed by atoms with Gasteiger partial charge in [-0.15, -0.1) is 0 Å². The van der Waals surface area contributed by atoms with Gasteiger partial charge in [-0.2, -0.15) is 5.26 Å². The van der Waals surface area contributed by atoms with Gasteiger partial charge in [0.05, 0.1) is 13.2 Å². The van der Waals surface area contributed by atoms with Crippen LogP contribution < -0.4 is 10.1 Å². The van der Waals surface area contributed by atoms with Crippen molar-refractivity contribution in [2.45, 2.75) is 13.0 Å². The third kappa shape index (κ3) is 3.93. The van der Waals surface area contributed by atoms with Gasteiger partial charge in [0.15, 0.2) is 11.5 Å². The molecule has 5 heteroatoms. The minimum absolute atomic E-state index is 0.0960. The van der Waals surface area contributed by atoms with E-state index in [0.29, 0.717) is 5.56 Å². The van der Waals surface area contributed by atoms with Crippen molar-refractivity contribution in [3.8, 4) is 17.6 Å². The standard InChI is InChI=1S/C19H18N2O3/c1-13(14-7-4-3-5-8-14)21-19(23)16(12-20)11-15-9-6-10-17(24-2)18(15)22/h3-11,13,22H,1-2H3,(H,21,23)/b16-11+/t13-/m1/s1. The Morgan fingerprint density at radius 1 is 1.25 bits per heavy atom. The van der Waals surface area contributed by atoms with Crippen LogP contribution in [0.4, 0.5) is 0 Å². The van der Waals surface area contributed by atoms with Crippen LogP contribution >= 0.6 is 0 Å². The number of hydrogen-bond donors (Lipinski definition) is 2. The number of phenolic OH excluding ortho intramolecular Hbond substituents is 1. The van der Waals surface area contributed by atoms with Crippen LogP contribution in [0.15, 0.2) is 54.1 Å². The Hall–Kier alpha value is -3.26. The molecule has 2 aromatic rings. The fourth-order valence-electron chi connectivity index (χ4n) is 2.22. The first-order valence-electron chi connectivity index (χ1n) is 7.40. The molecule has 0 aliphatic heterocycles. The molecule has 0 radical (unpaired) electrons. The predicted octanol–water partition coefficient (Wildman–Crippen LogP) is 3.19. The summed E-state index contributed by atoms with van der Waals surface area (Å²) in [6, 6.07) is 15.9. The fourth-order valence-corrected chi connectivity index (χ4v) is 2.22. The average Bonchev–Trinajstić information content (AvgIpc) is 2.61. The molecular formula is C19H18N2O3. The molecule has 1 amide bonds. The molecule has 2 aromatic carbocycles. The van der Waals surface area contributed by atoms with Crippen molar-refractivity contribution in [2.75, 3.05) is 7.11 Å². The number of methoxy groups -OCH3 is 1. The number of carbonyl (C=O) groups excluding carboxylic acids is 1. The van der Waals surface area contributed by atoms with Gasteiger partial charge in [0, 0.05) is 5.56 Å². The number of rotatable bonds is 5. The molecule has 0 saturated heterocycles. The number of para-hydroxylation sites is 1. The summed E-state index contributed by atoms with van der Waals surface area (Å²) in [5.41, 5.74) is 1.18. The molecule has 5 nitrogen and oxygen atoms in total. The first kappa shape index (κ1) is 17.1. The largest absolute Gasteiger partial charge is 0.504 e. The van der Waals surface area contributed by atoms with Crippen LogP contribution in [0.25, 0.3) is 6.08 Å². The van der Waals surface area contributed by atoms with Crippen LogP contribution in [0.2, 0.25) is 0 Å². The van der Waals surface area contributed by atoms with Crippen LogP contribution in [-0.4, -0.2) is 18.1 Å². The zero-order chi connectivity index (χ0) is 17.5. The summed E-state index contributed by atoms with van der Waals surface area (Å²) < 4.78 is 5.02. The maximum atomic E-state index is 12.3. The molecule has 0 aromatic heterocycles. The molecule has 0 unspecified atom stereocenters. The Morgan fingerprint density at radius 3 is 2.58 bits per heavy atom. The van der Waals surface area contributed by atoms with Crippen LogP contribution in [0.3, 0.4) is 0 Å². The summed E-state index contributed by atoms with van der Waals surface area (Å²) in [7, 11) is 1.43. The Kier molecular flexibility index (Phi) is 5.58. The van der Waals surface area contributed by atoms with E-state index in [0.717, 1.165) is 5.56 Å². The summed E-state index contributed by atoms with van der Waals surface area (Å²) >= 11 is 0. The second-order valence-corrected chi connectivity index (χ2v) is 5.17. The van der Waals surface area contributed by atoms with Crippen molar-refractivity contribution in [2.24, 2.45) is 0 Å². The molecule has 0 saturated carbocycles. The molecule has 0 bridgehead atoms. The van der Waals surface area contributed by atoms with Gasteiger partial charge in [0.25, 0.3) is 5.91 Å². The lowest BCUT2D eigenvalue weighted by Gasteiger charge is -2.14. The Morgan fingerprint density at radius 2 is 1.96 bits per heavy atom. The molecule has 2 N–H and O–H groups in total. The summed E-state index contributed by atoms with van der Waals surface area (Å²) in [6.07, 6.45) is 1.34. The van der Waals surface area contributed by atoms with Gasteiger partial charge >= 0.3 is 0 Å². The Bertz CT molecular complexity index is 792. The van der Waals surface area contributed by atoms with Crippen LogP contribution in [-0.2, 0) is 4.79 Å². The number of phenols is 1. The molecule has 0 fully saturated rings. The highest BCUT2D eigenvalue weighted by Gasteiger charge is 2.15.